The minimum Gasteiger partial charge on any atom is -0.508 e. The van der Waals surface area contributed by atoms with Crippen molar-refractivity contribution in [3.05, 3.63) is 29.3 Å². The zero-order valence-corrected chi connectivity index (χ0v) is 25.5. The maximum Gasteiger partial charge on any atom is 0.222 e. The largest absolute Gasteiger partial charge is 0.508 e. The molecule has 0 bridgehead atoms. The molecule has 4 aliphatic rings. The second-order valence-electron chi connectivity index (χ2n) is 14.4. The molecule has 1 aromatic carbocycles. The fraction of sp³-hybridized carbons (Fsp3) is 0.806. The summed E-state index contributed by atoms with van der Waals surface area (Å²) < 4.78 is 0. The van der Waals surface area contributed by atoms with E-state index in [1.807, 2.05) is 18.0 Å². The third-order valence-electron chi connectivity index (χ3n) is 12.3. The van der Waals surface area contributed by atoms with Gasteiger partial charge in [0.05, 0.1) is 0 Å². The number of hydrogen-bond acceptors (Lipinski definition) is 2. The number of amides is 1. The Morgan fingerprint density at radius 2 is 1.67 bits per heavy atom. The van der Waals surface area contributed by atoms with Crippen LogP contribution < -0.4 is 0 Å². The van der Waals surface area contributed by atoms with Crippen molar-refractivity contribution >= 4 is 5.91 Å². The van der Waals surface area contributed by atoms with Crippen molar-refractivity contribution in [2.45, 2.75) is 142 Å². The van der Waals surface area contributed by atoms with E-state index in [9.17, 15) is 9.90 Å². The van der Waals surface area contributed by atoms with Gasteiger partial charge in [-0.2, -0.15) is 0 Å². The van der Waals surface area contributed by atoms with Gasteiger partial charge in [0.15, 0.2) is 0 Å². The Morgan fingerprint density at radius 3 is 2.38 bits per heavy atom. The van der Waals surface area contributed by atoms with Gasteiger partial charge in [-0.1, -0.05) is 71.3 Å². The summed E-state index contributed by atoms with van der Waals surface area (Å²) in [5.74, 6) is 4.10. The lowest BCUT2D eigenvalue weighted by atomic mass is 9.50. The highest BCUT2D eigenvalue weighted by Crippen LogP contribution is 2.76. The average molecular weight is 536 g/mol. The van der Waals surface area contributed by atoms with E-state index in [1.54, 1.807) is 5.56 Å². The Kier molecular flexibility index (Phi) is 9.34. The van der Waals surface area contributed by atoms with Gasteiger partial charge in [-0.05, 0) is 122 Å². The zero-order valence-electron chi connectivity index (χ0n) is 25.5. The number of benzene rings is 1. The monoisotopic (exact) mass is 535 g/mol. The van der Waals surface area contributed by atoms with Gasteiger partial charge in [0.1, 0.15) is 5.75 Å². The highest BCUT2D eigenvalue weighted by Gasteiger charge is 2.67. The predicted octanol–water partition coefficient (Wildman–Crippen LogP) is 9.41. The van der Waals surface area contributed by atoms with E-state index < -0.39 is 0 Å². The van der Waals surface area contributed by atoms with E-state index in [1.165, 1.54) is 102 Å². The second kappa shape index (κ2) is 12.6. The summed E-state index contributed by atoms with van der Waals surface area (Å²) in [5, 5.41) is 10.3. The molecule has 0 heterocycles. The van der Waals surface area contributed by atoms with Crippen LogP contribution in [-0.2, 0) is 11.2 Å². The number of hydrogen-bond donors (Lipinski definition) is 1. The molecule has 3 fully saturated rings. The first-order valence-electron chi connectivity index (χ1n) is 16.9. The Balaban J connectivity index is 1.05. The lowest BCUT2D eigenvalue weighted by Gasteiger charge is -2.54. The fourth-order valence-corrected chi connectivity index (χ4v) is 9.72. The third-order valence-corrected chi connectivity index (χ3v) is 12.3. The highest BCUT2D eigenvalue weighted by atomic mass is 16.3. The Labute approximate surface area is 239 Å². The molecule has 0 aliphatic heterocycles. The van der Waals surface area contributed by atoms with Crippen molar-refractivity contribution in [2.24, 2.45) is 28.6 Å². The van der Waals surface area contributed by atoms with Crippen LogP contribution in [0.15, 0.2) is 18.2 Å². The first-order valence-corrected chi connectivity index (χ1v) is 16.9. The maximum atomic E-state index is 12.2. The summed E-state index contributed by atoms with van der Waals surface area (Å²) in [6.45, 7) is 5.78. The van der Waals surface area contributed by atoms with Gasteiger partial charge in [-0.25, -0.2) is 0 Å². The molecule has 1 amide bonds. The van der Waals surface area contributed by atoms with Crippen molar-refractivity contribution in [3.8, 4) is 5.75 Å². The Bertz CT molecular complexity index is 967. The van der Waals surface area contributed by atoms with Crippen LogP contribution in [-0.4, -0.2) is 29.5 Å². The maximum absolute atomic E-state index is 12.2. The van der Waals surface area contributed by atoms with Crippen molar-refractivity contribution < 1.29 is 9.90 Å². The van der Waals surface area contributed by atoms with Gasteiger partial charge in [0.25, 0.3) is 0 Å². The first-order chi connectivity index (χ1) is 18.9. The summed E-state index contributed by atoms with van der Waals surface area (Å²) in [6, 6.07) is 6.33. The van der Waals surface area contributed by atoms with Crippen LogP contribution >= 0.6 is 0 Å². The van der Waals surface area contributed by atoms with Crippen LogP contribution in [0.3, 0.4) is 0 Å². The van der Waals surface area contributed by atoms with E-state index >= 15 is 0 Å². The lowest BCUT2D eigenvalue weighted by Crippen LogP contribution is -2.46. The predicted molar refractivity (Wildman–Crippen MR) is 162 cm³/mol. The molecule has 1 spiro atoms. The first kappa shape index (κ1) is 29.0. The minimum atomic E-state index is 0.328. The van der Waals surface area contributed by atoms with Crippen molar-refractivity contribution in [1.29, 1.82) is 0 Å². The molecule has 3 nitrogen and oxygen atoms in total. The van der Waals surface area contributed by atoms with E-state index in [4.69, 9.17) is 0 Å². The number of aromatic hydroxyl groups is 1. The van der Waals surface area contributed by atoms with Crippen LogP contribution in [0.25, 0.3) is 0 Å². The number of phenolic OH excluding ortho intramolecular Hbond substituents is 1. The van der Waals surface area contributed by atoms with Crippen molar-refractivity contribution in [1.82, 2.24) is 4.90 Å². The topological polar surface area (TPSA) is 40.5 Å². The van der Waals surface area contributed by atoms with Crippen molar-refractivity contribution in [3.63, 3.8) is 0 Å². The van der Waals surface area contributed by atoms with E-state index in [0.717, 1.165) is 55.9 Å². The second-order valence-corrected chi connectivity index (χ2v) is 14.4. The number of unbranched alkanes of at least 4 members (excludes halogenated alkanes) is 8. The normalized spacial score (nSPS) is 30.0. The van der Waals surface area contributed by atoms with Crippen LogP contribution in [0, 0.1) is 28.6 Å². The minimum absolute atomic E-state index is 0.328. The summed E-state index contributed by atoms with van der Waals surface area (Å²) in [5.41, 5.74) is 4.35. The molecule has 1 N–H and O–H groups in total. The standard InChI is InChI=1S/C36H57NO2/c1-4-5-24-37(3)33(39)15-13-11-9-7-6-8-10-12-14-27-25-28-26-29(38)16-17-30(28)31-18-20-35(2)32(34(27)31)19-21-36(35)22-23-36/h16-17,26-27,31-32,34,38H,4-15,18-25H2,1-3H3/t27-,31?,32?,34?,35+/m1/s1. The number of phenols is 1. The number of nitrogens with zero attached hydrogens (tertiary/aromatic N) is 1. The summed E-state index contributed by atoms with van der Waals surface area (Å²) in [6.07, 6.45) is 24.6. The molecule has 0 saturated heterocycles. The van der Waals surface area contributed by atoms with Gasteiger partial charge in [0, 0.05) is 20.0 Å². The molecule has 5 rings (SSSR count). The summed E-state index contributed by atoms with van der Waals surface area (Å²) in [4.78, 5) is 14.1. The molecule has 0 aromatic heterocycles. The van der Waals surface area contributed by atoms with Gasteiger partial charge in [-0.3, -0.25) is 4.79 Å². The molecule has 3 saturated carbocycles. The molecule has 39 heavy (non-hydrogen) atoms. The molecular weight excluding hydrogens is 478 g/mol. The van der Waals surface area contributed by atoms with E-state index in [0.29, 0.717) is 22.5 Å². The number of carbonyl (C=O) groups excluding carboxylic acids is 1. The molecule has 218 valence electrons. The van der Waals surface area contributed by atoms with Crippen LogP contribution in [0.4, 0.5) is 0 Å². The molecule has 1 aromatic rings. The quantitative estimate of drug-likeness (QED) is 0.241. The van der Waals surface area contributed by atoms with Gasteiger partial charge in [-0.15, -0.1) is 0 Å². The SMILES string of the molecule is CCCCN(C)C(=O)CCCCCCCCCC[C@@H]1Cc2cc(O)ccc2C2CC[C@@]3(C)C(CCC34CC4)C21. The summed E-state index contributed by atoms with van der Waals surface area (Å²) in [7, 11) is 1.96. The van der Waals surface area contributed by atoms with E-state index in [-0.39, 0.29) is 0 Å². The van der Waals surface area contributed by atoms with E-state index in [2.05, 4.69) is 26.0 Å². The number of carbonyl (C=O) groups is 1. The number of rotatable bonds is 14. The third kappa shape index (κ3) is 6.08. The molecule has 0 radical (unpaired) electrons. The molecule has 3 heteroatoms. The van der Waals surface area contributed by atoms with Crippen LogP contribution in [0.2, 0.25) is 0 Å². The molecular formula is C36H57NO2. The molecule has 5 atom stereocenters. The highest BCUT2D eigenvalue weighted by molar-refractivity contribution is 5.75. The molecule has 3 unspecified atom stereocenters. The molecule has 4 aliphatic carbocycles. The fourth-order valence-electron chi connectivity index (χ4n) is 9.72. The lowest BCUT2D eigenvalue weighted by molar-refractivity contribution is -0.130. The van der Waals surface area contributed by atoms with Gasteiger partial charge < -0.3 is 10.0 Å². The van der Waals surface area contributed by atoms with Crippen molar-refractivity contribution in [2.75, 3.05) is 13.6 Å². The van der Waals surface area contributed by atoms with Crippen LogP contribution in [0.1, 0.15) is 146 Å². The smallest absolute Gasteiger partial charge is 0.222 e. The average Bonchev–Trinajstić information content (AvgIpc) is 3.67. The number of fused-ring (bicyclic) bond motifs is 6. The van der Waals surface area contributed by atoms with Gasteiger partial charge >= 0.3 is 0 Å². The summed E-state index contributed by atoms with van der Waals surface area (Å²) >= 11 is 0. The Morgan fingerprint density at radius 1 is 0.949 bits per heavy atom. The van der Waals surface area contributed by atoms with Gasteiger partial charge in [0.2, 0.25) is 5.91 Å². The van der Waals surface area contributed by atoms with Crippen LogP contribution in [0.5, 0.6) is 5.75 Å². The zero-order chi connectivity index (χ0) is 27.5. The Hall–Kier alpha value is -1.51.